The smallest absolute Gasteiger partial charge is 0.233 e. The number of likely N-dealkylation sites (tertiary alicyclic amines) is 1. The maximum absolute atomic E-state index is 13.1. The number of carbonyl (C=O) groups is 2. The number of hydrogen-bond donors (Lipinski definition) is 0. The summed E-state index contributed by atoms with van der Waals surface area (Å²) in [5.41, 5.74) is 0.348. The number of allylic oxidation sites excluding steroid dienone is 2. The van der Waals surface area contributed by atoms with Crippen molar-refractivity contribution in [3.63, 3.8) is 0 Å². The number of hydrogen-bond acceptors (Lipinski definition) is 2. The second-order valence-corrected chi connectivity index (χ2v) is 9.17. The van der Waals surface area contributed by atoms with Crippen LogP contribution < -0.4 is 0 Å². The molecule has 2 amide bonds. The molecule has 4 unspecified atom stereocenters. The summed E-state index contributed by atoms with van der Waals surface area (Å²) in [4.78, 5) is 27.9. The van der Waals surface area contributed by atoms with Crippen LogP contribution in [0.2, 0.25) is 0 Å². The van der Waals surface area contributed by atoms with Crippen LogP contribution in [0.25, 0.3) is 0 Å². The Hall–Kier alpha value is -1.12. The van der Waals surface area contributed by atoms with Crippen LogP contribution in [0.4, 0.5) is 0 Å². The third kappa shape index (κ3) is 1.20. The highest BCUT2D eigenvalue weighted by Crippen LogP contribution is 2.67. The lowest BCUT2D eigenvalue weighted by molar-refractivity contribution is -0.147. The quantitative estimate of drug-likeness (QED) is 0.551. The predicted octanol–water partition coefficient (Wildman–Crippen LogP) is 3.01. The van der Waals surface area contributed by atoms with Crippen LogP contribution in [0.5, 0.6) is 0 Å². The Kier molecular flexibility index (Phi) is 2.23. The third-order valence-corrected chi connectivity index (χ3v) is 8.56. The second-order valence-electron chi connectivity index (χ2n) is 9.17. The van der Waals surface area contributed by atoms with Gasteiger partial charge in [-0.05, 0) is 54.3 Å². The first-order valence-electron chi connectivity index (χ1n) is 8.91. The molecule has 4 fully saturated rings. The van der Waals surface area contributed by atoms with E-state index in [2.05, 4.69) is 32.9 Å². The standard InChI is InChI=1S/C19H25NO2/c1-18(2)12-6-7-19(18,3)13(9-12)20-16(21)14-10-4-5-11(8-10)15(14)17(20)22/h4-5,10-15H,6-9H2,1-3H3/t10?,11?,12-,13+,14?,15?,19+/m1/s1. The molecule has 0 aromatic carbocycles. The summed E-state index contributed by atoms with van der Waals surface area (Å²) in [6.45, 7) is 7.02. The van der Waals surface area contributed by atoms with Crippen LogP contribution >= 0.6 is 0 Å². The molecule has 4 aliphatic carbocycles. The van der Waals surface area contributed by atoms with Gasteiger partial charge in [0, 0.05) is 6.04 Å². The van der Waals surface area contributed by atoms with E-state index in [0.29, 0.717) is 17.8 Å². The summed E-state index contributed by atoms with van der Waals surface area (Å²) >= 11 is 0. The molecule has 0 aromatic heterocycles. The molecule has 0 N–H and O–H groups in total. The summed E-state index contributed by atoms with van der Waals surface area (Å²) in [6, 6.07) is 0.145. The highest BCUT2D eigenvalue weighted by molar-refractivity contribution is 6.06. The van der Waals surface area contributed by atoms with Gasteiger partial charge in [-0.25, -0.2) is 0 Å². The van der Waals surface area contributed by atoms with Crippen molar-refractivity contribution in [1.29, 1.82) is 0 Å². The maximum atomic E-state index is 13.1. The van der Waals surface area contributed by atoms with Crippen LogP contribution in [0.15, 0.2) is 12.2 Å². The fraction of sp³-hybridized carbons (Fsp3) is 0.789. The fourth-order valence-corrected chi connectivity index (χ4v) is 6.78. The first kappa shape index (κ1) is 13.3. The molecule has 22 heavy (non-hydrogen) atoms. The van der Waals surface area contributed by atoms with E-state index in [1.807, 2.05) is 0 Å². The van der Waals surface area contributed by atoms with Crippen molar-refractivity contribution >= 4 is 11.8 Å². The van der Waals surface area contributed by atoms with Crippen molar-refractivity contribution in [1.82, 2.24) is 4.90 Å². The molecule has 1 saturated heterocycles. The SMILES string of the molecule is CC1(C)[C@@H]2CC[C@@]1(C)[C@@H](N1C(=O)C3C4C=CC(C4)C3C1=O)C2. The van der Waals surface area contributed by atoms with E-state index in [0.717, 1.165) is 19.3 Å². The third-order valence-electron chi connectivity index (χ3n) is 8.56. The first-order chi connectivity index (χ1) is 10.4. The summed E-state index contributed by atoms with van der Waals surface area (Å²) in [5, 5.41) is 0. The van der Waals surface area contributed by atoms with Gasteiger partial charge in [0.25, 0.3) is 0 Å². The van der Waals surface area contributed by atoms with Crippen LogP contribution in [0, 0.1) is 40.4 Å². The molecule has 118 valence electrons. The van der Waals surface area contributed by atoms with E-state index >= 15 is 0 Å². The van der Waals surface area contributed by atoms with Crippen molar-refractivity contribution in [2.45, 2.75) is 52.5 Å². The van der Waals surface area contributed by atoms with Gasteiger partial charge in [0.15, 0.2) is 0 Å². The molecule has 3 saturated carbocycles. The highest BCUT2D eigenvalue weighted by Gasteiger charge is 2.68. The average molecular weight is 299 g/mol. The van der Waals surface area contributed by atoms with Gasteiger partial charge in [0.1, 0.15) is 0 Å². The number of carbonyl (C=O) groups excluding carboxylic acids is 2. The van der Waals surface area contributed by atoms with E-state index in [1.165, 1.54) is 6.42 Å². The zero-order valence-corrected chi connectivity index (χ0v) is 13.7. The van der Waals surface area contributed by atoms with Crippen LogP contribution in [0.3, 0.4) is 0 Å². The van der Waals surface area contributed by atoms with E-state index < -0.39 is 0 Å². The lowest BCUT2D eigenvalue weighted by Crippen LogP contribution is -2.50. The largest absolute Gasteiger partial charge is 0.278 e. The summed E-state index contributed by atoms with van der Waals surface area (Å²) in [6.07, 6.45) is 8.85. The Labute approximate surface area is 132 Å². The van der Waals surface area contributed by atoms with E-state index in [-0.39, 0.29) is 40.5 Å². The predicted molar refractivity (Wildman–Crippen MR) is 82.6 cm³/mol. The number of rotatable bonds is 1. The number of imide groups is 1. The molecule has 3 nitrogen and oxygen atoms in total. The van der Waals surface area contributed by atoms with Gasteiger partial charge in [-0.15, -0.1) is 0 Å². The van der Waals surface area contributed by atoms with Gasteiger partial charge in [0.2, 0.25) is 11.8 Å². The van der Waals surface area contributed by atoms with Gasteiger partial charge in [-0.1, -0.05) is 32.9 Å². The molecular weight excluding hydrogens is 274 g/mol. The lowest BCUT2D eigenvalue weighted by Gasteiger charge is -2.42. The fourth-order valence-electron chi connectivity index (χ4n) is 6.78. The van der Waals surface area contributed by atoms with Gasteiger partial charge in [0.05, 0.1) is 11.8 Å². The van der Waals surface area contributed by atoms with Gasteiger partial charge in [-0.2, -0.15) is 0 Å². The molecule has 0 radical (unpaired) electrons. The molecule has 5 aliphatic rings. The van der Waals surface area contributed by atoms with E-state index in [4.69, 9.17) is 0 Å². The Bertz CT molecular complexity index is 591. The van der Waals surface area contributed by atoms with Gasteiger partial charge >= 0.3 is 0 Å². The molecule has 0 aromatic rings. The summed E-state index contributed by atoms with van der Waals surface area (Å²) < 4.78 is 0. The zero-order chi connectivity index (χ0) is 15.4. The minimum atomic E-state index is -0.0339. The molecule has 7 atom stereocenters. The molecular formula is C19H25NO2. The topological polar surface area (TPSA) is 37.4 Å². The Balaban J connectivity index is 1.53. The summed E-state index contributed by atoms with van der Waals surface area (Å²) in [5.74, 6) is 1.56. The van der Waals surface area contributed by atoms with Crippen molar-refractivity contribution < 1.29 is 9.59 Å². The van der Waals surface area contributed by atoms with Crippen LogP contribution in [-0.2, 0) is 9.59 Å². The van der Waals surface area contributed by atoms with E-state index in [9.17, 15) is 9.59 Å². The molecule has 1 heterocycles. The van der Waals surface area contributed by atoms with Crippen molar-refractivity contribution in [2.75, 3.05) is 0 Å². The minimum Gasteiger partial charge on any atom is -0.278 e. The Morgan fingerprint density at radius 1 is 1.00 bits per heavy atom. The van der Waals surface area contributed by atoms with Crippen molar-refractivity contribution in [3.8, 4) is 0 Å². The highest BCUT2D eigenvalue weighted by atomic mass is 16.2. The lowest BCUT2D eigenvalue weighted by atomic mass is 9.69. The normalized spacial score (nSPS) is 53.9. The van der Waals surface area contributed by atoms with Gasteiger partial charge in [-0.3, -0.25) is 14.5 Å². The molecule has 1 aliphatic heterocycles. The van der Waals surface area contributed by atoms with Gasteiger partial charge < -0.3 is 0 Å². The van der Waals surface area contributed by atoms with Crippen LogP contribution in [-0.4, -0.2) is 22.8 Å². The monoisotopic (exact) mass is 299 g/mol. The Morgan fingerprint density at radius 2 is 1.59 bits per heavy atom. The van der Waals surface area contributed by atoms with Crippen LogP contribution in [0.1, 0.15) is 46.5 Å². The Morgan fingerprint density at radius 3 is 2.05 bits per heavy atom. The average Bonchev–Trinajstić information content (AvgIpc) is 3.20. The number of nitrogens with zero attached hydrogens (tertiary/aromatic N) is 1. The number of fused-ring (bicyclic) bond motifs is 7. The second kappa shape index (κ2) is 3.68. The molecule has 4 bridgehead atoms. The van der Waals surface area contributed by atoms with E-state index in [1.54, 1.807) is 4.90 Å². The zero-order valence-electron chi connectivity index (χ0n) is 13.7. The molecule has 0 spiro atoms. The molecule has 5 rings (SSSR count). The van der Waals surface area contributed by atoms with Crippen molar-refractivity contribution in [2.24, 2.45) is 40.4 Å². The maximum Gasteiger partial charge on any atom is 0.233 e. The minimum absolute atomic E-state index is 0.0339. The first-order valence-corrected chi connectivity index (χ1v) is 8.91. The number of amides is 2. The molecule has 3 heteroatoms. The summed E-state index contributed by atoms with van der Waals surface area (Å²) in [7, 11) is 0. The van der Waals surface area contributed by atoms with Crippen molar-refractivity contribution in [3.05, 3.63) is 12.2 Å².